The Morgan fingerprint density at radius 2 is 1.96 bits per heavy atom. The Morgan fingerprint density at radius 3 is 2.75 bits per heavy atom. The van der Waals surface area contributed by atoms with Crippen molar-refractivity contribution in [1.29, 1.82) is 0 Å². The van der Waals surface area contributed by atoms with E-state index in [-0.39, 0.29) is 23.0 Å². The molecular formula is C24H38O4. The van der Waals surface area contributed by atoms with Gasteiger partial charge in [0.1, 0.15) is 6.10 Å². The minimum absolute atomic E-state index is 0.00509. The molecule has 0 aromatic rings. The molecule has 4 aliphatic carbocycles. The minimum Gasteiger partial charge on any atom is -0.434 e. The number of aliphatic hydroxyl groups excluding tert-OH is 1. The van der Waals surface area contributed by atoms with Crippen molar-refractivity contribution in [3.8, 4) is 0 Å². The number of allylic oxidation sites excluding steroid dienone is 1. The van der Waals surface area contributed by atoms with Gasteiger partial charge in [0.2, 0.25) is 0 Å². The van der Waals surface area contributed by atoms with Gasteiger partial charge < -0.3 is 14.6 Å². The van der Waals surface area contributed by atoms with E-state index in [0.717, 1.165) is 50.9 Å². The highest BCUT2D eigenvalue weighted by molar-refractivity contribution is 5.60. The lowest BCUT2D eigenvalue weighted by molar-refractivity contribution is -0.0885. The zero-order chi connectivity index (χ0) is 19.9. The van der Waals surface area contributed by atoms with Gasteiger partial charge in [0.25, 0.3) is 0 Å². The van der Waals surface area contributed by atoms with Crippen molar-refractivity contribution >= 4 is 6.16 Å². The lowest BCUT2D eigenvalue weighted by Crippen LogP contribution is -2.51. The van der Waals surface area contributed by atoms with Crippen LogP contribution in [-0.4, -0.2) is 30.1 Å². The number of hydrogen-bond donors (Lipinski definition) is 1. The first-order valence-corrected chi connectivity index (χ1v) is 11.6. The van der Waals surface area contributed by atoms with Gasteiger partial charge in [0, 0.05) is 5.41 Å². The van der Waals surface area contributed by atoms with Crippen molar-refractivity contribution < 1.29 is 19.4 Å². The fourth-order valence-corrected chi connectivity index (χ4v) is 7.31. The van der Waals surface area contributed by atoms with Crippen molar-refractivity contribution in [2.24, 2.45) is 28.6 Å². The molecule has 0 aromatic heterocycles. The number of aliphatic hydroxyl groups is 1. The van der Waals surface area contributed by atoms with E-state index in [1.54, 1.807) is 0 Å². The van der Waals surface area contributed by atoms with E-state index in [0.29, 0.717) is 18.4 Å². The Labute approximate surface area is 170 Å². The van der Waals surface area contributed by atoms with Gasteiger partial charge in [0.05, 0.1) is 12.7 Å². The molecule has 158 valence electrons. The van der Waals surface area contributed by atoms with E-state index in [4.69, 9.17) is 9.47 Å². The van der Waals surface area contributed by atoms with Crippen LogP contribution in [0.5, 0.6) is 0 Å². The molecule has 4 rings (SSSR count). The smallest absolute Gasteiger partial charge is 0.434 e. The number of carbonyl (C=O) groups is 1. The average Bonchev–Trinajstić information content (AvgIpc) is 2.99. The first kappa shape index (κ1) is 20.3. The van der Waals surface area contributed by atoms with Gasteiger partial charge in [-0.1, -0.05) is 38.8 Å². The van der Waals surface area contributed by atoms with E-state index in [2.05, 4.69) is 26.8 Å². The molecule has 0 amide bonds. The summed E-state index contributed by atoms with van der Waals surface area (Å²) >= 11 is 0. The van der Waals surface area contributed by atoms with Crippen LogP contribution in [0.2, 0.25) is 0 Å². The summed E-state index contributed by atoms with van der Waals surface area (Å²) in [5.74, 6) is 2.08. The van der Waals surface area contributed by atoms with Crippen LogP contribution in [0.1, 0.15) is 85.0 Å². The predicted octanol–water partition coefficient (Wildman–Crippen LogP) is 5.63. The third-order valence-electron chi connectivity index (χ3n) is 8.96. The molecule has 28 heavy (non-hydrogen) atoms. The van der Waals surface area contributed by atoms with Gasteiger partial charge in [-0.3, -0.25) is 0 Å². The first-order chi connectivity index (χ1) is 13.4. The second kappa shape index (κ2) is 7.66. The molecule has 4 aliphatic rings. The van der Waals surface area contributed by atoms with E-state index in [9.17, 15) is 9.90 Å². The van der Waals surface area contributed by atoms with E-state index >= 15 is 0 Å². The van der Waals surface area contributed by atoms with Crippen molar-refractivity contribution in [2.75, 3.05) is 6.61 Å². The highest BCUT2D eigenvalue weighted by atomic mass is 16.7. The summed E-state index contributed by atoms with van der Waals surface area (Å²) in [6.07, 6.45) is 12.3. The van der Waals surface area contributed by atoms with Gasteiger partial charge in [-0.15, -0.1) is 0 Å². The monoisotopic (exact) mass is 390 g/mol. The Balaban J connectivity index is 1.46. The van der Waals surface area contributed by atoms with Crippen molar-refractivity contribution in [3.05, 3.63) is 11.6 Å². The van der Waals surface area contributed by atoms with Crippen molar-refractivity contribution in [3.63, 3.8) is 0 Å². The van der Waals surface area contributed by atoms with Crippen LogP contribution in [0.4, 0.5) is 4.79 Å². The molecule has 0 bridgehead atoms. The van der Waals surface area contributed by atoms with Crippen molar-refractivity contribution in [1.82, 2.24) is 0 Å². The Bertz CT molecular complexity index is 628. The Hall–Kier alpha value is -1.03. The number of hydrogen-bond acceptors (Lipinski definition) is 4. The molecule has 0 heterocycles. The average molecular weight is 391 g/mol. The van der Waals surface area contributed by atoms with Gasteiger partial charge in [-0.25, -0.2) is 4.79 Å². The lowest BCUT2D eigenvalue weighted by atomic mass is 9.47. The maximum absolute atomic E-state index is 12.2. The summed E-state index contributed by atoms with van der Waals surface area (Å²) < 4.78 is 11.1. The van der Waals surface area contributed by atoms with Crippen LogP contribution >= 0.6 is 0 Å². The Morgan fingerprint density at radius 1 is 1.14 bits per heavy atom. The van der Waals surface area contributed by atoms with E-state index in [1.807, 2.05) is 0 Å². The fraction of sp³-hybridized carbons (Fsp3) is 0.875. The maximum atomic E-state index is 12.2. The van der Waals surface area contributed by atoms with Crippen LogP contribution < -0.4 is 0 Å². The van der Waals surface area contributed by atoms with Crippen molar-refractivity contribution in [2.45, 2.75) is 97.2 Å². The van der Waals surface area contributed by atoms with Gasteiger partial charge in [-0.2, -0.15) is 0 Å². The lowest BCUT2D eigenvalue weighted by Gasteiger charge is -2.58. The Kier molecular flexibility index (Phi) is 5.54. The summed E-state index contributed by atoms with van der Waals surface area (Å²) in [6.45, 7) is 7.38. The summed E-state index contributed by atoms with van der Waals surface area (Å²) in [5.41, 5.74) is 1.87. The summed E-state index contributed by atoms with van der Waals surface area (Å²) in [6, 6.07) is 0. The van der Waals surface area contributed by atoms with Crippen LogP contribution in [-0.2, 0) is 9.47 Å². The molecule has 0 saturated heterocycles. The predicted molar refractivity (Wildman–Crippen MR) is 109 cm³/mol. The molecule has 7 atom stereocenters. The van der Waals surface area contributed by atoms with E-state index in [1.165, 1.54) is 24.8 Å². The molecule has 0 aliphatic heterocycles. The highest BCUT2D eigenvalue weighted by Gasteiger charge is 2.60. The second-order valence-corrected chi connectivity index (χ2v) is 10.3. The van der Waals surface area contributed by atoms with Gasteiger partial charge >= 0.3 is 6.16 Å². The van der Waals surface area contributed by atoms with Crippen LogP contribution in [0.25, 0.3) is 0 Å². The number of carbonyl (C=O) groups excluding carboxylic acids is 1. The molecule has 0 aromatic carbocycles. The third-order valence-corrected chi connectivity index (χ3v) is 8.96. The number of unbranched alkanes of at least 4 members (excludes halogenated alkanes) is 1. The molecule has 0 spiro atoms. The quantitative estimate of drug-likeness (QED) is 0.384. The third kappa shape index (κ3) is 3.30. The molecule has 4 heteroatoms. The molecule has 1 N–H and O–H groups in total. The molecule has 4 nitrogen and oxygen atoms in total. The minimum atomic E-state index is -0.468. The fourth-order valence-electron chi connectivity index (χ4n) is 7.31. The maximum Gasteiger partial charge on any atom is 0.508 e. The topological polar surface area (TPSA) is 55.8 Å². The van der Waals surface area contributed by atoms with Crippen LogP contribution in [0.3, 0.4) is 0 Å². The summed E-state index contributed by atoms with van der Waals surface area (Å²) in [7, 11) is 0. The highest BCUT2D eigenvalue weighted by Crippen LogP contribution is 2.65. The number of fused-ring (bicyclic) bond motifs is 5. The molecular weight excluding hydrogens is 352 g/mol. The molecule has 3 fully saturated rings. The number of ether oxygens (including phenoxy) is 2. The normalized spacial score (nSPS) is 44.7. The number of rotatable bonds is 4. The molecule has 3 saturated carbocycles. The van der Waals surface area contributed by atoms with Gasteiger partial charge in [-0.05, 0) is 81.0 Å². The summed E-state index contributed by atoms with van der Waals surface area (Å²) in [5, 5.41) is 10.1. The van der Waals surface area contributed by atoms with E-state index < -0.39 is 6.16 Å². The largest absolute Gasteiger partial charge is 0.508 e. The van der Waals surface area contributed by atoms with Gasteiger partial charge in [0.15, 0.2) is 0 Å². The zero-order valence-electron chi connectivity index (χ0n) is 17.9. The van der Waals surface area contributed by atoms with Crippen LogP contribution in [0, 0.1) is 28.6 Å². The SMILES string of the molecule is CCCCOC(=O)O[C@H]1CC[C@H]2[C@@H]3CCC4=C[C@@H](O)CC[C@]4(C)[C@H]3CC[C@]12C. The second-order valence-electron chi connectivity index (χ2n) is 10.3. The zero-order valence-corrected chi connectivity index (χ0v) is 17.9. The molecule has 0 unspecified atom stereocenters. The first-order valence-electron chi connectivity index (χ1n) is 11.6. The summed E-state index contributed by atoms with van der Waals surface area (Å²) in [4.78, 5) is 12.2. The standard InChI is InChI=1S/C24H38O4/c1-4-5-14-27-22(26)28-21-9-8-19-18-7-6-16-15-17(25)10-12-23(16,2)20(18)11-13-24(19,21)3/h15,17-21,25H,4-14H2,1-3H3/t17-,18-,19-,20-,21-,23-,24-/m0/s1. The van der Waals surface area contributed by atoms with Crippen LogP contribution in [0.15, 0.2) is 11.6 Å². The molecule has 0 radical (unpaired) electrons.